The summed E-state index contributed by atoms with van der Waals surface area (Å²) in [5.74, 6) is 5.57. The molecule has 2 rings (SSSR count). The predicted molar refractivity (Wildman–Crippen MR) is 60.0 cm³/mol. The molecule has 16 heavy (non-hydrogen) atoms. The first-order valence-electron chi connectivity index (χ1n) is 4.92. The van der Waals surface area contributed by atoms with Gasteiger partial charge in [0.15, 0.2) is 0 Å². The molecule has 1 aromatic rings. The molecule has 1 aliphatic rings. The average Bonchev–Trinajstić information content (AvgIpc) is 2.95. The minimum atomic E-state index is -3.46. The molecule has 0 aromatic carbocycles. The summed E-state index contributed by atoms with van der Waals surface area (Å²) in [6.45, 7) is 1.88. The maximum atomic E-state index is 11.9. The molecule has 0 aliphatic heterocycles. The van der Waals surface area contributed by atoms with Crippen molar-refractivity contribution >= 4 is 15.8 Å². The molecular weight excluding hydrogens is 228 g/mol. The number of nitrogen functional groups attached to an aromatic ring is 1. The predicted octanol–water partition coefficient (Wildman–Crippen LogP) is 0.198. The zero-order valence-electron chi connectivity index (χ0n) is 8.90. The van der Waals surface area contributed by atoms with Gasteiger partial charge in [0, 0.05) is 11.7 Å². The van der Waals surface area contributed by atoms with E-state index in [2.05, 4.69) is 15.1 Å². The van der Waals surface area contributed by atoms with Gasteiger partial charge in [-0.15, -0.1) is 0 Å². The highest BCUT2D eigenvalue weighted by Crippen LogP contribution is 2.35. The first-order chi connectivity index (χ1) is 7.45. The zero-order valence-corrected chi connectivity index (χ0v) is 9.71. The Morgan fingerprint density at radius 1 is 1.44 bits per heavy atom. The van der Waals surface area contributed by atoms with E-state index in [-0.39, 0.29) is 10.4 Å². The number of pyridine rings is 1. The molecular formula is C9H14N4O2S. The summed E-state index contributed by atoms with van der Waals surface area (Å²) in [5, 5.41) is 0. The van der Waals surface area contributed by atoms with Crippen molar-refractivity contribution in [1.82, 2.24) is 9.71 Å². The first-order valence-corrected chi connectivity index (χ1v) is 6.40. The Labute approximate surface area is 94.3 Å². The third kappa shape index (κ3) is 2.31. The molecule has 0 unspecified atom stereocenters. The van der Waals surface area contributed by atoms with Crippen LogP contribution in [-0.2, 0) is 10.0 Å². The molecule has 1 heterocycles. The summed E-state index contributed by atoms with van der Waals surface area (Å²) >= 11 is 0. The van der Waals surface area contributed by atoms with E-state index in [0.29, 0.717) is 5.82 Å². The van der Waals surface area contributed by atoms with Crippen molar-refractivity contribution in [2.45, 2.75) is 30.2 Å². The average molecular weight is 242 g/mol. The SMILES string of the molecule is CC1(NS(=O)(=O)c2ccc(NN)nc2)CC1. The highest BCUT2D eigenvalue weighted by Gasteiger charge is 2.41. The van der Waals surface area contributed by atoms with Gasteiger partial charge in [-0.25, -0.2) is 24.0 Å². The van der Waals surface area contributed by atoms with Gasteiger partial charge in [0.1, 0.15) is 10.7 Å². The number of hydrogen-bond donors (Lipinski definition) is 3. The van der Waals surface area contributed by atoms with Crippen LogP contribution in [0.1, 0.15) is 19.8 Å². The largest absolute Gasteiger partial charge is 0.308 e. The summed E-state index contributed by atoms with van der Waals surface area (Å²) in [6, 6.07) is 2.99. The lowest BCUT2D eigenvalue weighted by Gasteiger charge is -2.11. The highest BCUT2D eigenvalue weighted by molar-refractivity contribution is 7.89. The van der Waals surface area contributed by atoms with Gasteiger partial charge in [-0.2, -0.15) is 0 Å². The maximum Gasteiger partial charge on any atom is 0.242 e. The van der Waals surface area contributed by atoms with E-state index in [1.54, 1.807) is 0 Å². The fourth-order valence-corrected chi connectivity index (χ4v) is 2.71. The number of rotatable bonds is 4. The maximum absolute atomic E-state index is 11.9. The van der Waals surface area contributed by atoms with Crippen molar-refractivity contribution in [2.24, 2.45) is 5.84 Å². The molecule has 0 spiro atoms. The Morgan fingerprint density at radius 2 is 2.12 bits per heavy atom. The van der Waals surface area contributed by atoms with Crippen molar-refractivity contribution in [3.05, 3.63) is 18.3 Å². The quantitative estimate of drug-likeness (QED) is 0.517. The molecule has 4 N–H and O–H groups in total. The van der Waals surface area contributed by atoms with Crippen LogP contribution in [0.3, 0.4) is 0 Å². The summed E-state index contributed by atoms with van der Waals surface area (Å²) in [6.07, 6.45) is 3.04. The van der Waals surface area contributed by atoms with Crippen molar-refractivity contribution in [3.63, 3.8) is 0 Å². The lowest BCUT2D eigenvalue weighted by molar-refractivity contribution is 0.557. The molecule has 0 atom stereocenters. The fraction of sp³-hybridized carbons (Fsp3) is 0.444. The summed E-state index contributed by atoms with van der Waals surface area (Å²) < 4.78 is 26.4. The standard InChI is InChI=1S/C9H14N4O2S/c1-9(4-5-9)13-16(14,15)7-2-3-8(12-10)11-6-7/h2-3,6,13H,4-5,10H2,1H3,(H,11,12). The summed E-state index contributed by atoms with van der Waals surface area (Å²) in [7, 11) is -3.46. The lowest BCUT2D eigenvalue weighted by atomic mass is 10.4. The molecule has 1 aromatic heterocycles. The number of nitrogens with zero attached hydrogens (tertiary/aromatic N) is 1. The Morgan fingerprint density at radius 3 is 2.56 bits per heavy atom. The fourth-order valence-electron chi connectivity index (χ4n) is 1.30. The van der Waals surface area contributed by atoms with Gasteiger partial charge < -0.3 is 5.43 Å². The van der Waals surface area contributed by atoms with Gasteiger partial charge in [-0.1, -0.05) is 0 Å². The van der Waals surface area contributed by atoms with Crippen molar-refractivity contribution in [3.8, 4) is 0 Å². The lowest BCUT2D eigenvalue weighted by Crippen LogP contribution is -2.34. The van der Waals surface area contributed by atoms with Gasteiger partial charge in [0.25, 0.3) is 0 Å². The zero-order chi connectivity index (χ0) is 11.8. The molecule has 1 fully saturated rings. The third-order valence-electron chi connectivity index (χ3n) is 2.58. The van der Waals surface area contributed by atoms with Crippen LogP contribution in [0, 0.1) is 0 Å². The number of sulfonamides is 1. The van der Waals surface area contributed by atoms with Crippen LogP contribution in [0.2, 0.25) is 0 Å². The highest BCUT2D eigenvalue weighted by atomic mass is 32.2. The Kier molecular flexibility index (Phi) is 2.61. The summed E-state index contributed by atoms with van der Waals surface area (Å²) in [5.41, 5.74) is 2.07. The van der Waals surface area contributed by atoms with E-state index in [0.717, 1.165) is 12.8 Å². The molecule has 1 aliphatic carbocycles. The number of hydrogen-bond acceptors (Lipinski definition) is 5. The second kappa shape index (κ2) is 3.69. The topological polar surface area (TPSA) is 97.1 Å². The molecule has 88 valence electrons. The Bertz CT molecular complexity index is 479. The van der Waals surface area contributed by atoms with Crippen LogP contribution >= 0.6 is 0 Å². The number of nitrogens with one attached hydrogen (secondary N) is 2. The van der Waals surface area contributed by atoms with Crippen LogP contribution in [0.5, 0.6) is 0 Å². The Hall–Kier alpha value is -1.18. The molecule has 0 saturated heterocycles. The van der Waals surface area contributed by atoms with Crippen LogP contribution in [0.25, 0.3) is 0 Å². The van der Waals surface area contributed by atoms with Gasteiger partial charge in [-0.05, 0) is 31.9 Å². The minimum Gasteiger partial charge on any atom is -0.308 e. The molecule has 7 heteroatoms. The second-order valence-electron chi connectivity index (χ2n) is 4.19. The molecule has 0 radical (unpaired) electrons. The van der Waals surface area contributed by atoms with Gasteiger partial charge in [-0.3, -0.25) is 0 Å². The van der Waals surface area contributed by atoms with E-state index in [4.69, 9.17) is 5.84 Å². The third-order valence-corrected chi connectivity index (χ3v) is 4.20. The van der Waals surface area contributed by atoms with Crippen LogP contribution in [0.15, 0.2) is 23.2 Å². The van der Waals surface area contributed by atoms with E-state index < -0.39 is 10.0 Å². The number of anilines is 1. The monoisotopic (exact) mass is 242 g/mol. The number of aromatic nitrogens is 1. The van der Waals surface area contributed by atoms with Gasteiger partial charge in [0.05, 0.1) is 0 Å². The molecule has 6 nitrogen and oxygen atoms in total. The molecule has 0 amide bonds. The van der Waals surface area contributed by atoms with Crippen molar-refractivity contribution in [2.75, 3.05) is 5.43 Å². The molecule has 1 saturated carbocycles. The normalized spacial score (nSPS) is 18.1. The minimum absolute atomic E-state index is 0.152. The van der Waals surface area contributed by atoms with Crippen molar-refractivity contribution in [1.29, 1.82) is 0 Å². The smallest absolute Gasteiger partial charge is 0.242 e. The van der Waals surface area contributed by atoms with Crippen LogP contribution in [0.4, 0.5) is 5.82 Å². The Balaban J connectivity index is 2.21. The van der Waals surface area contributed by atoms with E-state index in [1.165, 1.54) is 18.3 Å². The second-order valence-corrected chi connectivity index (χ2v) is 5.87. The van der Waals surface area contributed by atoms with E-state index in [9.17, 15) is 8.42 Å². The number of hydrazine groups is 1. The van der Waals surface area contributed by atoms with Crippen LogP contribution < -0.4 is 16.0 Å². The first kappa shape index (κ1) is 11.3. The van der Waals surface area contributed by atoms with Gasteiger partial charge >= 0.3 is 0 Å². The number of nitrogens with two attached hydrogens (primary N) is 1. The van der Waals surface area contributed by atoms with E-state index >= 15 is 0 Å². The van der Waals surface area contributed by atoms with Gasteiger partial charge in [0.2, 0.25) is 10.0 Å². The summed E-state index contributed by atoms with van der Waals surface area (Å²) in [4.78, 5) is 4.01. The van der Waals surface area contributed by atoms with Crippen molar-refractivity contribution < 1.29 is 8.42 Å². The van der Waals surface area contributed by atoms with Crippen LogP contribution in [-0.4, -0.2) is 18.9 Å². The van der Waals surface area contributed by atoms with E-state index in [1.807, 2.05) is 6.92 Å². The molecule has 0 bridgehead atoms.